The summed E-state index contributed by atoms with van der Waals surface area (Å²) in [7, 11) is 0. The average Bonchev–Trinajstić information content (AvgIpc) is 3.21. The summed E-state index contributed by atoms with van der Waals surface area (Å²) in [5.74, 6) is 4.28. The minimum atomic E-state index is 0. The summed E-state index contributed by atoms with van der Waals surface area (Å²) in [6.45, 7) is 6.68. The highest BCUT2D eigenvalue weighted by Crippen LogP contribution is 2.20. The van der Waals surface area contributed by atoms with Gasteiger partial charge in [-0.1, -0.05) is 12.1 Å². The Morgan fingerprint density at radius 3 is 2.59 bits per heavy atom. The summed E-state index contributed by atoms with van der Waals surface area (Å²) in [5.41, 5.74) is 2.55. The predicted octanol–water partition coefficient (Wildman–Crippen LogP) is 3.75. The number of anilines is 1. The molecular weight excluding hydrogens is 471 g/mol. The Morgan fingerprint density at radius 1 is 1.15 bits per heavy atom. The number of thioether (sulfide) groups is 1. The second-order valence-corrected chi connectivity index (χ2v) is 7.44. The topological polar surface area (TPSA) is 52.8 Å². The van der Waals surface area contributed by atoms with Gasteiger partial charge in [0.15, 0.2) is 5.96 Å². The van der Waals surface area contributed by atoms with E-state index in [1.165, 1.54) is 22.8 Å². The Hall–Kier alpha value is -1.35. The first kappa shape index (κ1) is 21.9. The standard InChI is InChI=1S/C20H28N4OS.HI/c1-2-21-20(22-10-9-19-4-3-13-25-19)23-16-17-5-7-18(8-6-17)24-11-14-26-15-12-24;/h3-8,13H,2,9-12,14-16H2,1H3,(H2,21,22,23);1H. The molecule has 7 heteroatoms. The Morgan fingerprint density at radius 2 is 1.93 bits per heavy atom. The van der Waals surface area contributed by atoms with Crippen LogP contribution in [0.1, 0.15) is 18.2 Å². The highest BCUT2D eigenvalue weighted by atomic mass is 127. The number of aliphatic imine (C=N–C) groups is 1. The van der Waals surface area contributed by atoms with Crippen LogP contribution in [0.2, 0.25) is 0 Å². The van der Waals surface area contributed by atoms with Gasteiger partial charge in [0.05, 0.1) is 12.8 Å². The molecule has 3 rings (SSSR count). The zero-order valence-corrected chi connectivity index (χ0v) is 19.0. The first-order valence-corrected chi connectivity index (χ1v) is 10.5. The van der Waals surface area contributed by atoms with Crippen LogP contribution in [0.4, 0.5) is 5.69 Å². The van der Waals surface area contributed by atoms with Crippen LogP contribution in [0.5, 0.6) is 0 Å². The Bertz CT molecular complexity index is 670. The summed E-state index contributed by atoms with van der Waals surface area (Å²) in [4.78, 5) is 7.15. The van der Waals surface area contributed by atoms with Gasteiger partial charge in [-0.15, -0.1) is 24.0 Å². The molecule has 2 aromatic rings. The van der Waals surface area contributed by atoms with Crippen LogP contribution in [-0.4, -0.2) is 43.6 Å². The van der Waals surface area contributed by atoms with Gasteiger partial charge in [0.1, 0.15) is 5.76 Å². The molecular formula is C20H29IN4OS. The second-order valence-electron chi connectivity index (χ2n) is 6.22. The minimum absolute atomic E-state index is 0. The first-order valence-electron chi connectivity index (χ1n) is 9.31. The summed E-state index contributed by atoms with van der Waals surface area (Å²) in [6, 6.07) is 12.7. The van der Waals surface area contributed by atoms with Crippen molar-refractivity contribution in [2.45, 2.75) is 19.9 Å². The fraction of sp³-hybridized carbons (Fsp3) is 0.450. The van der Waals surface area contributed by atoms with E-state index < -0.39 is 0 Å². The highest BCUT2D eigenvalue weighted by molar-refractivity contribution is 14.0. The van der Waals surface area contributed by atoms with E-state index in [1.807, 2.05) is 23.9 Å². The van der Waals surface area contributed by atoms with E-state index in [2.05, 4.69) is 46.7 Å². The van der Waals surface area contributed by atoms with Crippen LogP contribution in [0, 0.1) is 0 Å². The van der Waals surface area contributed by atoms with Crippen molar-refractivity contribution in [3.63, 3.8) is 0 Å². The monoisotopic (exact) mass is 500 g/mol. The normalized spacial score (nSPS) is 14.6. The third kappa shape index (κ3) is 7.29. The molecule has 0 amide bonds. The number of hydrogen-bond acceptors (Lipinski definition) is 4. The van der Waals surface area contributed by atoms with E-state index in [0.717, 1.165) is 44.3 Å². The predicted molar refractivity (Wildman–Crippen MR) is 127 cm³/mol. The third-order valence-electron chi connectivity index (χ3n) is 4.32. The van der Waals surface area contributed by atoms with Crippen LogP contribution in [0.25, 0.3) is 0 Å². The fourth-order valence-corrected chi connectivity index (χ4v) is 3.81. The Labute approximate surface area is 183 Å². The van der Waals surface area contributed by atoms with Crippen molar-refractivity contribution < 1.29 is 4.42 Å². The molecule has 2 heterocycles. The number of nitrogens with zero attached hydrogens (tertiary/aromatic N) is 2. The molecule has 0 bridgehead atoms. The van der Waals surface area contributed by atoms with Crippen molar-refractivity contribution >= 4 is 47.4 Å². The van der Waals surface area contributed by atoms with Crippen molar-refractivity contribution in [2.24, 2.45) is 4.99 Å². The molecule has 1 aliphatic heterocycles. The van der Waals surface area contributed by atoms with E-state index in [-0.39, 0.29) is 24.0 Å². The van der Waals surface area contributed by atoms with Crippen LogP contribution >= 0.6 is 35.7 Å². The Kier molecular flexibility index (Phi) is 9.90. The van der Waals surface area contributed by atoms with Crippen LogP contribution in [-0.2, 0) is 13.0 Å². The van der Waals surface area contributed by atoms with Crippen molar-refractivity contribution in [3.05, 3.63) is 54.0 Å². The summed E-state index contributed by atoms with van der Waals surface area (Å²) in [6.07, 6.45) is 2.56. The van der Waals surface area contributed by atoms with E-state index >= 15 is 0 Å². The molecule has 1 aliphatic rings. The van der Waals surface area contributed by atoms with Crippen LogP contribution < -0.4 is 15.5 Å². The van der Waals surface area contributed by atoms with Gasteiger partial charge in [-0.3, -0.25) is 0 Å². The van der Waals surface area contributed by atoms with Gasteiger partial charge in [0, 0.05) is 49.8 Å². The second kappa shape index (κ2) is 12.2. The summed E-state index contributed by atoms with van der Waals surface area (Å²) in [5, 5.41) is 6.65. The zero-order valence-electron chi connectivity index (χ0n) is 15.8. The molecule has 0 saturated carbocycles. The number of furan rings is 1. The van der Waals surface area contributed by atoms with Gasteiger partial charge in [0.2, 0.25) is 0 Å². The van der Waals surface area contributed by atoms with Crippen molar-refractivity contribution in [1.29, 1.82) is 0 Å². The fourth-order valence-electron chi connectivity index (χ4n) is 2.90. The van der Waals surface area contributed by atoms with Crippen LogP contribution in [0.15, 0.2) is 52.1 Å². The summed E-state index contributed by atoms with van der Waals surface area (Å²) < 4.78 is 5.36. The van der Waals surface area contributed by atoms with E-state index in [1.54, 1.807) is 6.26 Å². The average molecular weight is 500 g/mol. The Balaban J connectivity index is 0.00000261. The molecule has 0 aliphatic carbocycles. The van der Waals surface area contributed by atoms with Crippen molar-refractivity contribution in [3.8, 4) is 0 Å². The molecule has 5 nitrogen and oxygen atoms in total. The molecule has 0 radical (unpaired) electrons. The van der Waals surface area contributed by atoms with Crippen molar-refractivity contribution in [2.75, 3.05) is 42.6 Å². The van der Waals surface area contributed by atoms with Crippen molar-refractivity contribution in [1.82, 2.24) is 10.6 Å². The molecule has 1 aromatic carbocycles. The molecule has 1 aromatic heterocycles. The number of guanidine groups is 1. The lowest BCUT2D eigenvalue weighted by Crippen LogP contribution is -2.38. The van der Waals surface area contributed by atoms with E-state index in [9.17, 15) is 0 Å². The molecule has 2 N–H and O–H groups in total. The van der Waals surface area contributed by atoms with Gasteiger partial charge in [-0.05, 0) is 36.8 Å². The van der Waals surface area contributed by atoms with E-state index in [0.29, 0.717) is 6.54 Å². The SMILES string of the molecule is CCNC(=NCc1ccc(N2CCSCC2)cc1)NCCc1ccco1.I. The molecule has 27 heavy (non-hydrogen) atoms. The largest absolute Gasteiger partial charge is 0.469 e. The molecule has 0 spiro atoms. The smallest absolute Gasteiger partial charge is 0.191 e. The van der Waals surface area contributed by atoms with E-state index in [4.69, 9.17) is 9.41 Å². The maximum atomic E-state index is 5.36. The molecule has 148 valence electrons. The number of benzene rings is 1. The lowest BCUT2D eigenvalue weighted by atomic mass is 10.2. The van der Waals surface area contributed by atoms with Crippen LogP contribution in [0.3, 0.4) is 0 Å². The van der Waals surface area contributed by atoms with Gasteiger partial charge in [-0.2, -0.15) is 11.8 Å². The molecule has 0 atom stereocenters. The molecule has 0 unspecified atom stereocenters. The third-order valence-corrected chi connectivity index (χ3v) is 5.26. The maximum absolute atomic E-state index is 5.36. The molecule has 1 saturated heterocycles. The number of halogens is 1. The maximum Gasteiger partial charge on any atom is 0.191 e. The quantitative estimate of drug-likeness (QED) is 0.345. The van der Waals surface area contributed by atoms with Gasteiger partial charge < -0.3 is 20.0 Å². The van der Waals surface area contributed by atoms with Gasteiger partial charge >= 0.3 is 0 Å². The van der Waals surface area contributed by atoms with Gasteiger partial charge in [0.25, 0.3) is 0 Å². The molecule has 1 fully saturated rings. The lowest BCUT2D eigenvalue weighted by Gasteiger charge is -2.28. The zero-order chi connectivity index (χ0) is 18.0. The summed E-state index contributed by atoms with van der Waals surface area (Å²) >= 11 is 2.04. The first-order chi connectivity index (χ1) is 12.8. The minimum Gasteiger partial charge on any atom is -0.469 e. The number of nitrogens with one attached hydrogen (secondary N) is 2. The number of rotatable bonds is 7. The van der Waals surface area contributed by atoms with Gasteiger partial charge in [-0.25, -0.2) is 4.99 Å². The number of hydrogen-bond donors (Lipinski definition) is 2. The lowest BCUT2D eigenvalue weighted by molar-refractivity contribution is 0.507. The highest BCUT2D eigenvalue weighted by Gasteiger charge is 2.10.